The Hall–Kier alpha value is -2.94. The van der Waals surface area contributed by atoms with E-state index in [1.54, 1.807) is 11.0 Å². The van der Waals surface area contributed by atoms with Gasteiger partial charge in [-0.25, -0.2) is 13.8 Å². The Balaban J connectivity index is 1.43. The van der Waals surface area contributed by atoms with Gasteiger partial charge < -0.3 is 5.32 Å². The summed E-state index contributed by atoms with van der Waals surface area (Å²) in [5, 5.41) is 13.6. The van der Waals surface area contributed by atoms with Gasteiger partial charge in [0.1, 0.15) is 24.3 Å². The van der Waals surface area contributed by atoms with Crippen molar-refractivity contribution in [2.24, 2.45) is 0 Å². The van der Waals surface area contributed by atoms with Crippen LogP contribution < -0.4 is 5.32 Å². The highest BCUT2D eigenvalue weighted by atomic mass is 32.2. The highest BCUT2D eigenvalue weighted by Crippen LogP contribution is 2.33. The predicted molar refractivity (Wildman–Crippen MR) is 128 cm³/mol. The number of nitrogens with one attached hydrogen (secondary N) is 1. The van der Waals surface area contributed by atoms with Crippen molar-refractivity contribution in [3.63, 3.8) is 0 Å². The Kier molecular flexibility index (Phi) is 6.30. The third-order valence-electron chi connectivity index (χ3n) is 6.33. The average Bonchev–Trinajstić information content (AvgIpc) is 3.48. The van der Waals surface area contributed by atoms with Gasteiger partial charge in [-0.3, -0.25) is 9.36 Å². The lowest BCUT2D eigenvalue weighted by Crippen LogP contribution is -2.24. The van der Waals surface area contributed by atoms with Crippen LogP contribution in [0, 0.1) is 11.6 Å². The molecule has 9 heteroatoms. The smallest absolute Gasteiger partial charge is 0.137 e. The highest BCUT2D eigenvalue weighted by molar-refractivity contribution is 7.99. The van der Waals surface area contributed by atoms with Crippen molar-refractivity contribution in [2.45, 2.75) is 44.3 Å². The molecule has 1 aliphatic rings. The van der Waals surface area contributed by atoms with Crippen LogP contribution in [0.4, 0.5) is 14.5 Å². The van der Waals surface area contributed by atoms with E-state index in [-0.39, 0.29) is 12.0 Å². The first-order chi connectivity index (χ1) is 16.1. The molecule has 0 radical (unpaired) electrons. The summed E-state index contributed by atoms with van der Waals surface area (Å²) < 4.78 is 31.9. The number of aromatic nitrogens is 5. The molecule has 2 aromatic carbocycles. The maximum atomic E-state index is 14.8. The summed E-state index contributed by atoms with van der Waals surface area (Å²) >= 11 is 2.01. The molecule has 2 aromatic heterocycles. The summed E-state index contributed by atoms with van der Waals surface area (Å²) in [5.74, 6) is 0.912. The van der Waals surface area contributed by atoms with Gasteiger partial charge in [0, 0.05) is 35.3 Å². The Bertz CT molecular complexity index is 1220. The molecule has 33 heavy (non-hydrogen) atoms. The molecule has 1 aliphatic heterocycles. The monoisotopic (exact) mass is 468 g/mol. The molecule has 172 valence electrons. The number of hydrogen-bond acceptors (Lipinski definition) is 5. The van der Waals surface area contributed by atoms with Crippen LogP contribution in [0.25, 0.3) is 10.9 Å². The van der Waals surface area contributed by atoms with Gasteiger partial charge >= 0.3 is 0 Å². The molecule has 0 saturated carbocycles. The third-order valence-corrected chi connectivity index (χ3v) is 7.37. The maximum Gasteiger partial charge on any atom is 0.137 e. The molecule has 5 rings (SSSR count). The molecule has 1 saturated heterocycles. The number of rotatable bonds is 7. The molecule has 3 heterocycles. The molecule has 4 aromatic rings. The van der Waals surface area contributed by atoms with Gasteiger partial charge in [-0.1, -0.05) is 6.07 Å². The Morgan fingerprint density at radius 3 is 2.76 bits per heavy atom. The number of nitrogens with zero attached hydrogens (tertiary/aromatic N) is 5. The zero-order chi connectivity index (χ0) is 22.8. The molecule has 2 atom stereocenters. The van der Waals surface area contributed by atoms with Crippen molar-refractivity contribution < 1.29 is 8.78 Å². The van der Waals surface area contributed by atoms with Crippen LogP contribution in [0.2, 0.25) is 0 Å². The zero-order valence-electron chi connectivity index (χ0n) is 18.4. The zero-order valence-corrected chi connectivity index (χ0v) is 19.2. The van der Waals surface area contributed by atoms with E-state index in [1.807, 2.05) is 35.6 Å². The molecular weight excluding hydrogens is 442 g/mol. The second kappa shape index (κ2) is 9.51. The molecule has 0 amide bonds. The standard InChI is InChI=1S/C24H26F2N6S/c1-16(22(13-31-15-27-14-28-31)21-4-2-18(25)11-23(21)26)32-12-17-10-20(3-5-24(17)30-32)29-19-6-8-33-9-7-19/h2-5,10-12,14-16,19,22,29H,6-9,13H2,1H3/t16-,22-/m1/s1. The first-order valence-corrected chi connectivity index (χ1v) is 12.3. The van der Waals surface area contributed by atoms with Gasteiger partial charge in [0.2, 0.25) is 0 Å². The number of halogens is 2. The largest absolute Gasteiger partial charge is 0.382 e. The minimum absolute atomic E-state index is 0.201. The molecular formula is C24H26F2N6S. The lowest BCUT2D eigenvalue weighted by Gasteiger charge is -2.25. The van der Waals surface area contributed by atoms with Gasteiger partial charge in [-0.15, -0.1) is 0 Å². The van der Waals surface area contributed by atoms with Crippen molar-refractivity contribution in [1.82, 2.24) is 24.5 Å². The van der Waals surface area contributed by atoms with E-state index < -0.39 is 11.6 Å². The lowest BCUT2D eigenvalue weighted by molar-refractivity contribution is 0.352. The van der Waals surface area contributed by atoms with Crippen LogP contribution in [0.3, 0.4) is 0 Å². The van der Waals surface area contributed by atoms with Crippen LogP contribution in [0.15, 0.2) is 55.2 Å². The maximum absolute atomic E-state index is 14.8. The van der Waals surface area contributed by atoms with E-state index >= 15 is 0 Å². The van der Waals surface area contributed by atoms with Gasteiger partial charge in [-0.05, 0) is 61.1 Å². The Labute approximate surface area is 195 Å². The molecule has 6 nitrogen and oxygen atoms in total. The summed E-state index contributed by atoms with van der Waals surface area (Å²) in [7, 11) is 0. The van der Waals surface area contributed by atoms with E-state index in [0.717, 1.165) is 22.7 Å². The molecule has 1 fully saturated rings. The summed E-state index contributed by atoms with van der Waals surface area (Å²) in [4.78, 5) is 4.00. The topological polar surface area (TPSA) is 60.6 Å². The summed E-state index contributed by atoms with van der Waals surface area (Å²) in [6, 6.07) is 10.2. The van der Waals surface area contributed by atoms with Crippen LogP contribution in [-0.4, -0.2) is 42.1 Å². The molecule has 1 N–H and O–H groups in total. The Morgan fingerprint density at radius 1 is 1.15 bits per heavy atom. The SMILES string of the molecule is C[C@H]([C@@H](Cn1cncn1)c1ccc(F)cc1F)n1cc2cc(NC3CCSCC3)ccc2n1. The van der Waals surface area contributed by atoms with Crippen LogP contribution in [-0.2, 0) is 6.54 Å². The van der Waals surface area contributed by atoms with Gasteiger partial charge in [0.25, 0.3) is 0 Å². The number of benzene rings is 2. The minimum Gasteiger partial charge on any atom is -0.382 e. The second-order valence-electron chi connectivity index (χ2n) is 8.54. The average molecular weight is 469 g/mol. The van der Waals surface area contributed by atoms with Crippen molar-refractivity contribution in [2.75, 3.05) is 16.8 Å². The fourth-order valence-corrected chi connectivity index (χ4v) is 5.55. The van der Waals surface area contributed by atoms with E-state index in [9.17, 15) is 8.78 Å². The molecule has 0 aliphatic carbocycles. The van der Waals surface area contributed by atoms with Crippen molar-refractivity contribution >= 4 is 28.4 Å². The fraction of sp³-hybridized carbons (Fsp3) is 0.375. The van der Waals surface area contributed by atoms with Crippen molar-refractivity contribution in [1.29, 1.82) is 0 Å². The quantitative estimate of drug-likeness (QED) is 0.401. The van der Waals surface area contributed by atoms with E-state index in [4.69, 9.17) is 5.10 Å². The second-order valence-corrected chi connectivity index (χ2v) is 9.77. The first-order valence-electron chi connectivity index (χ1n) is 11.2. The lowest BCUT2D eigenvalue weighted by atomic mass is 9.91. The summed E-state index contributed by atoms with van der Waals surface area (Å²) in [6.45, 7) is 2.39. The van der Waals surface area contributed by atoms with Crippen LogP contribution in [0.1, 0.15) is 37.3 Å². The summed E-state index contributed by atoms with van der Waals surface area (Å²) in [6.07, 6.45) is 7.39. The van der Waals surface area contributed by atoms with E-state index in [1.165, 1.54) is 42.8 Å². The number of anilines is 1. The van der Waals surface area contributed by atoms with Crippen molar-refractivity contribution in [3.05, 3.63) is 72.4 Å². The van der Waals surface area contributed by atoms with Gasteiger partial charge in [0.05, 0.1) is 18.1 Å². The number of thioether (sulfide) groups is 1. The third kappa shape index (κ3) is 4.88. The predicted octanol–water partition coefficient (Wildman–Crippen LogP) is 5.26. The van der Waals surface area contributed by atoms with Crippen molar-refractivity contribution in [3.8, 4) is 0 Å². The molecule has 0 unspecified atom stereocenters. The fourth-order valence-electron chi connectivity index (χ4n) is 4.45. The Morgan fingerprint density at radius 2 is 2.00 bits per heavy atom. The van der Waals surface area contributed by atoms with E-state index in [2.05, 4.69) is 27.5 Å². The van der Waals surface area contributed by atoms with Gasteiger partial charge in [0.15, 0.2) is 0 Å². The van der Waals surface area contributed by atoms with Crippen LogP contribution in [0.5, 0.6) is 0 Å². The normalized spacial score (nSPS) is 16.7. The molecule has 0 bridgehead atoms. The number of fused-ring (bicyclic) bond motifs is 1. The number of hydrogen-bond donors (Lipinski definition) is 1. The van der Waals surface area contributed by atoms with E-state index in [0.29, 0.717) is 18.2 Å². The van der Waals surface area contributed by atoms with Gasteiger partial charge in [-0.2, -0.15) is 22.0 Å². The first kappa shape index (κ1) is 21.9. The summed E-state index contributed by atoms with van der Waals surface area (Å²) in [5.41, 5.74) is 2.40. The highest BCUT2D eigenvalue weighted by Gasteiger charge is 2.26. The minimum atomic E-state index is -0.593. The molecule has 0 spiro atoms. The van der Waals surface area contributed by atoms with Crippen LogP contribution >= 0.6 is 11.8 Å².